The summed E-state index contributed by atoms with van der Waals surface area (Å²) >= 11 is 0. The van der Waals surface area contributed by atoms with Crippen molar-refractivity contribution in [3.05, 3.63) is 0 Å². The summed E-state index contributed by atoms with van der Waals surface area (Å²) in [5.74, 6) is -0.0650. The van der Waals surface area contributed by atoms with Gasteiger partial charge in [-0.25, -0.2) is 4.79 Å². The van der Waals surface area contributed by atoms with Crippen molar-refractivity contribution < 1.29 is 28.6 Å². The number of ether oxygens (including phenoxy) is 3. The summed E-state index contributed by atoms with van der Waals surface area (Å²) in [6, 6.07) is 0. The predicted octanol–water partition coefficient (Wildman–Crippen LogP) is 11.0. The van der Waals surface area contributed by atoms with E-state index < -0.39 is 0 Å². The van der Waals surface area contributed by atoms with Crippen molar-refractivity contribution in [1.82, 2.24) is 15.1 Å². The molecule has 0 aliphatic rings. The van der Waals surface area contributed by atoms with Crippen LogP contribution in [0.2, 0.25) is 0 Å². The lowest BCUT2D eigenvalue weighted by molar-refractivity contribution is -0.144. The number of carbonyl (C=O) groups excluding carboxylic acids is 3. The molecule has 0 saturated heterocycles. The van der Waals surface area contributed by atoms with Gasteiger partial charge in [-0.05, 0) is 77.7 Å². The Morgan fingerprint density at radius 2 is 0.792 bits per heavy atom. The number of nitrogens with zero attached hydrogens (tertiary/aromatic N) is 2. The van der Waals surface area contributed by atoms with Crippen molar-refractivity contribution in [2.75, 3.05) is 65.6 Å². The minimum Gasteiger partial charge on any atom is -0.466 e. The molecule has 0 aromatic heterocycles. The highest BCUT2D eigenvalue weighted by Crippen LogP contribution is 2.13. The zero-order valence-electron chi connectivity index (χ0n) is 35.5. The number of hydrogen-bond acceptors (Lipinski definition) is 8. The molecular weight excluding hydrogens is 666 g/mol. The van der Waals surface area contributed by atoms with Crippen LogP contribution in [0.1, 0.15) is 201 Å². The Kier molecular flexibility index (Phi) is 39.8. The van der Waals surface area contributed by atoms with Crippen molar-refractivity contribution >= 4 is 18.0 Å². The summed E-state index contributed by atoms with van der Waals surface area (Å²) in [6.07, 6.45) is 29.5. The van der Waals surface area contributed by atoms with Crippen LogP contribution in [-0.2, 0) is 23.8 Å². The van der Waals surface area contributed by atoms with Gasteiger partial charge in [-0.15, -0.1) is 0 Å². The number of alkyl carbamates (subject to hydrolysis) is 1. The maximum Gasteiger partial charge on any atom is 0.407 e. The number of unbranched alkanes of at least 4 members (excludes halogenated alkanes) is 20. The normalized spacial score (nSPS) is 11.4. The van der Waals surface area contributed by atoms with Crippen molar-refractivity contribution in [3.8, 4) is 0 Å². The van der Waals surface area contributed by atoms with Crippen LogP contribution in [0.4, 0.5) is 4.79 Å². The van der Waals surface area contributed by atoms with Crippen LogP contribution in [-0.4, -0.2) is 93.5 Å². The van der Waals surface area contributed by atoms with E-state index in [1.807, 2.05) is 0 Å². The number of hydrogen-bond donors (Lipinski definition) is 1. The largest absolute Gasteiger partial charge is 0.466 e. The first-order valence-electron chi connectivity index (χ1n) is 22.6. The highest BCUT2D eigenvalue weighted by molar-refractivity contribution is 5.69. The van der Waals surface area contributed by atoms with Gasteiger partial charge in [0.1, 0.15) is 6.61 Å². The number of rotatable bonds is 41. The Hall–Kier alpha value is -1.87. The highest BCUT2D eigenvalue weighted by Gasteiger charge is 2.09. The van der Waals surface area contributed by atoms with Crippen LogP contribution in [0.5, 0.6) is 0 Å². The standard InChI is InChI=1S/C44H87N3O6/c1-5-9-11-23-29-39-51-42(48)32-25-19-15-13-17-21-27-35-47(38-41-53-44(50)45-34-31-37-46(7-3)8-4)36-28-22-18-14-16-20-26-33-43(49)52-40-30-24-12-10-6-2/h5-41H2,1-4H3,(H,45,50). The second kappa shape index (κ2) is 41.3. The van der Waals surface area contributed by atoms with E-state index in [1.165, 1.54) is 89.9 Å². The van der Waals surface area contributed by atoms with E-state index in [4.69, 9.17) is 14.2 Å². The van der Waals surface area contributed by atoms with E-state index in [9.17, 15) is 14.4 Å². The minimum absolute atomic E-state index is 0.0325. The van der Waals surface area contributed by atoms with Gasteiger partial charge in [0.2, 0.25) is 0 Å². The number of nitrogens with one attached hydrogen (secondary N) is 1. The van der Waals surface area contributed by atoms with Gasteiger partial charge >= 0.3 is 18.0 Å². The minimum atomic E-state index is -0.309. The molecule has 0 atom stereocenters. The van der Waals surface area contributed by atoms with E-state index in [2.05, 4.69) is 42.8 Å². The van der Waals surface area contributed by atoms with Gasteiger partial charge in [-0.1, -0.05) is 143 Å². The van der Waals surface area contributed by atoms with Crippen molar-refractivity contribution in [2.24, 2.45) is 0 Å². The fourth-order valence-corrected chi connectivity index (χ4v) is 6.59. The van der Waals surface area contributed by atoms with E-state index in [0.717, 1.165) is 110 Å². The van der Waals surface area contributed by atoms with Crippen LogP contribution < -0.4 is 5.32 Å². The molecule has 0 spiro atoms. The molecule has 314 valence electrons. The van der Waals surface area contributed by atoms with Crippen LogP contribution >= 0.6 is 0 Å². The first kappa shape index (κ1) is 51.1. The fourth-order valence-electron chi connectivity index (χ4n) is 6.59. The molecule has 53 heavy (non-hydrogen) atoms. The Bertz CT molecular complexity index is 764. The SMILES string of the molecule is CCCCCCCOC(=O)CCCCCCCCCN(CCCCCCCCCC(=O)OCCCCCCC)CCOC(=O)NCCCN(CC)CC. The Morgan fingerprint density at radius 1 is 0.396 bits per heavy atom. The fraction of sp³-hybridized carbons (Fsp3) is 0.932. The van der Waals surface area contributed by atoms with Gasteiger partial charge in [-0.2, -0.15) is 0 Å². The molecular formula is C44H87N3O6. The summed E-state index contributed by atoms with van der Waals surface area (Å²) in [6.45, 7) is 16.9. The van der Waals surface area contributed by atoms with Crippen LogP contribution in [0.15, 0.2) is 0 Å². The molecule has 0 radical (unpaired) electrons. The molecule has 0 saturated carbocycles. The van der Waals surface area contributed by atoms with E-state index >= 15 is 0 Å². The smallest absolute Gasteiger partial charge is 0.407 e. The third-order valence-corrected chi connectivity index (χ3v) is 10.2. The summed E-state index contributed by atoms with van der Waals surface area (Å²) < 4.78 is 16.3. The molecule has 0 unspecified atom stereocenters. The molecule has 0 aromatic carbocycles. The maximum absolute atomic E-state index is 12.3. The number of amides is 1. The van der Waals surface area contributed by atoms with Gasteiger partial charge in [0.05, 0.1) is 13.2 Å². The summed E-state index contributed by atoms with van der Waals surface area (Å²) in [4.78, 5) is 41.0. The summed E-state index contributed by atoms with van der Waals surface area (Å²) in [5.41, 5.74) is 0. The highest BCUT2D eigenvalue weighted by atomic mass is 16.5. The lowest BCUT2D eigenvalue weighted by atomic mass is 10.1. The van der Waals surface area contributed by atoms with Gasteiger partial charge in [0.25, 0.3) is 0 Å². The predicted molar refractivity (Wildman–Crippen MR) is 222 cm³/mol. The van der Waals surface area contributed by atoms with Crippen LogP contribution in [0.25, 0.3) is 0 Å². The molecule has 0 rings (SSSR count). The molecule has 0 heterocycles. The Labute approximate surface area is 327 Å². The first-order valence-corrected chi connectivity index (χ1v) is 22.6. The molecule has 0 aliphatic carbocycles. The molecule has 0 bridgehead atoms. The van der Waals surface area contributed by atoms with Crippen molar-refractivity contribution in [1.29, 1.82) is 0 Å². The van der Waals surface area contributed by atoms with E-state index in [1.54, 1.807) is 0 Å². The number of esters is 2. The lowest BCUT2D eigenvalue weighted by Gasteiger charge is -2.22. The quantitative estimate of drug-likeness (QED) is 0.0374. The molecule has 1 amide bonds. The van der Waals surface area contributed by atoms with Gasteiger partial charge in [0.15, 0.2) is 0 Å². The third kappa shape index (κ3) is 38.2. The average Bonchev–Trinajstić information content (AvgIpc) is 3.15. The van der Waals surface area contributed by atoms with Crippen molar-refractivity contribution in [3.63, 3.8) is 0 Å². The van der Waals surface area contributed by atoms with Gasteiger partial charge < -0.3 is 24.4 Å². The maximum atomic E-state index is 12.3. The molecule has 9 nitrogen and oxygen atoms in total. The third-order valence-electron chi connectivity index (χ3n) is 10.2. The average molecular weight is 754 g/mol. The van der Waals surface area contributed by atoms with Crippen molar-refractivity contribution in [2.45, 2.75) is 201 Å². The topological polar surface area (TPSA) is 97.4 Å². The molecule has 1 N–H and O–H groups in total. The van der Waals surface area contributed by atoms with Crippen LogP contribution in [0.3, 0.4) is 0 Å². The summed E-state index contributed by atoms with van der Waals surface area (Å²) in [7, 11) is 0. The number of carbonyl (C=O) groups is 3. The first-order chi connectivity index (χ1) is 26.0. The monoisotopic (exact) mass is 754 g/mol. The summed E-state index contributed by atoms with van der Waals surface area (Å²) in [5, 5.41) is 2.91. The van der Waals surface area contributed by atoms with Gasteiger partial charge in [0, 0.05) is 25.9 Å². The molecule has 0 fully saturated rings. The second-order valence-corrected chi connectivity index (χ2v) is 15.0. The lowest BCUT2D eigenvalue weighted by Crippen LogP contribution is -2.33. The Balaban J connectivity index is 4.18. The Morgan fingerprint density at radius 3 is 1.25 bits per heavy atom. The molecule has 0 aliphatic heterocycles. The zero-order chi connectivity index (χ0) is 38.9. The van der Waals surface area contributed by atoms with Crippen LogP contribution in [0, 0.1) is 0 Å². The van der Waals surface area contributed by atoms with Gasteiger partial charge in [-0.3, -0.25) is 14.5 Å². The molecule has 0 aromatic rings. The van der Waals surface area contributed by atoms with E-state index in [-0.39, 0.29) is 18.0 Å². The zero-order valence-corrected chi connectivity index (χ0v) is 35.5. The van der Waals surface area contributed by atoms with E-state index in [0.29, 0.717) is 39.2 Å². The molecule has 9 heteroatoms. The second-order valence-electron chi connectivity index (χ2n) is 15.0.